The van der Waals surface area contributed by atoms with E-state index in [1.165, 1.54) is 0 Å². The van der Waals surface area contributed by atoms with Crippen LogP contribution in [0, 0.1) is 0 Å². The molecule has 0 saturated heterocycles. The number of halogens is 2. The van der Waals surface area contributed by atoms with Gasteiger partial charge in [0.25, 0.3) is 0 Å². The SMILES string of the molecule is CC(C)(C)N(I)I. The third kappa shape index (κ3) is 3.96. The zero-order valence-electron chi connectivity index (χ0n) is 4.70. The van der Waals surface area contributed by atoms with Gasteiger partial charge in [-0.1, -0.05) is 0 Å². The molecule has 7 heavy (non-hydrogen) atoms. The Bertz CT molecular complexity index is 55.2. The summed E-state index contributed by atoms with van der Waals surface area (Å²) >= 11 is 4.54. The van der Waals surface area contributed by atoms with E-state index in [1.54, 1.807) is 0 Å². The number of rotatable bonds is 0. The normalized spacial score (nSPS) is 12.9. The number of hydrogen-bond acceptors (Lipinski definition) is 1. The van der Waals surface area contributed by atoms with Crippen molar-refractivity contribution in [3.05, 3.63) is 0 Å². The van der Waals surface area contributed by atoms with Crippen LogP contribution in [0.2, 0.25) is 0 Å². The Morgan fingerprint density at radius 1 is 1.14 bits per heavy atom. The number of hydrogen-bond donors (Lipinski definition) is 0. The molecular weight excluding hydrogens is 316 g/mol. The summed E-state index contributed by atoms with van der Waals surface area (Å²) in [5.41, 5.74) is 0.307. The molecule has 0 saturated carbocycles. The van der Waals surface area contributed by atoms with Crippen molar-refractivity contribution < 1.29 is 0 Å². The highest BCUT2D eigenvalue weighted by atomic mass is 127. The van der Waals surface area contributed by atoms with E-state index in [2.05, 4.69) is 67.8 Å². The Morgan fingerprint density at radius 2 is 1.29 bits per heavy atom. The molecule has 0 fully saturated rings. The second-order valence-electron chi connectivity index (χ2n) is 2.40. The van der Waals surface area contributed by atoms with Crippen LogP contribution in [0.1, 0.15) is 20.8 Å². The van der Waals surface area contributed by atoms with Crippen LogP contribution < -0.4 is 0 Å². The number of nitrogens with zero attached hydrogens (tertiary/aromatic N) is 1. The Kier molecular flexibility index (Phi) is 3.39. The van der Waals surface area contributed by atoms with E-state index < -0.39 is 0 Å². The summed E-state index contributed by atoms with van der Waals surface area (Å²) in [6, 6.07) is 0. The van der Waals surface area contributed by atoms with Crippen LogP contribution in [-0.4, -0.2) is 6.87 Å². The molecular formula is C4H9I2N. The minimum Gasteiger partial charge on any atom is -0.183 e. The molecule has 1 nitrogen and oxygen atoms in total. The summed E-state index contributed by atoms with van der Waals surface area (Å²) < 4.78 is 2.13. The molecule has 0 aromatic carbocycles. The highest BCUT2D eigenvalue weighted by Crippen LogP contribution is 2.22. The van der Waals surface area contributed by atoms with E-state index >= 15 is 0 Å². The molecule has 0 N–H and O–H groups in total. The van der Waals surface area contributed by atoms with Crippen molar-refractivity contribution in [2.45, 2.75) is 26.3 Å². The lowest BCUT2D eigenvalue weighted by Crippen LogP contribution is -2.24. The Hall–Kier alpha value is 1.42. The lowest BCUT2D eigenvalue weighted by atomic mass is 10.1. The minimum absolute atomic E-state index is 0.307. The summed E-state index contributed by atoms with van der Waals surface area (Å²) in [4.78, 5) is 0. The van der Waals surface area contributed by atoms with Crippen molar-refractivity contribution in [2.24, 2.45) is 0 Å². The van der Waals surface area contributed by atoms with E-state index in [-0.39, 0.29) is 0 Å². The molecule has 0 aliphatic heterocycles. The van der Waals surface area contributed by atoms with E-state index in [9.17, 15) is 0 Å². The smallest absolute Gasteiger partial charge is 0.0323 e. The molecule has 0 atom stereocenters. The lowest BCUT2D eigenvalue weighted by Gasteiger charge is -2.22. The molecule has 0 amide bonds. The van der Waals surface area contributed by atoms with Gasteiger partial charge in [-0.25, -0.2) is 0 Å². The first-order valence-corrected chi connectivity index (χ1v) is 3.99. The molecule has 0 heterocycles. The lowest BCUT2D eigenvalue weighted by molar-refractivity contribution is 0.458. The summed E-state index contributed by atoms with van der Waals surface area (Å²) in [7, 11) is 0. The van der Waals surface area contributed by atoms with Crippen LogP contribution in [0.4, 0.5) is 0 Å². The average molecular weight is 325 g/mol. The van der Waals surface area contributed by atoms with Crippen molar-refractivity contribution in [1.82, 2.24) is 1.33 Å². The van der Waals surface area contributed by atoms with Crippen LogP contribution >= 0.6 is 45.7 Å². The molecule has 44 valence electrons. The topological polar surface area (TPSA) is 3.24 Å². The van der Waals surface area contributed by atoms with Crippen molar-refractivity contribution >= 4 is 45.7 Å². The van der Waals surface area contributed by atoms with Gasteiger partial charge in [-0.2, -0.15) is 1.33 Å². The molecule has 3 heteroatoms. The van der Waals surface area contributed by atoms with Gasteiger partial charge in [-0.05, 0) is 20.8 Å². The van der Waals surface area contributed by atoms with Crippen molar-refractivity contribution in [2.75, 3.05) is 0 Å². The molecule has 0 radical (unpaired) electrons. The van der Waals surface area contributed by atoms with E-state index in [0.717, 1.165) is 0 Å². The van der Waals surface area contributed by atoms with Gasteiger partial charge in [0.1, 0.15) is 0 Å². The van der Waals surface area contributed by atoms with E-state index in [0.29, 0.717) is 5.54 Å². The Labute approximate surface area is 72.8 Å². The third-order valence-electron chi connectivity index (χ3n) is 0.507. The van der Waals surface area contributed by atoms with Gasteiger partial charge >= 0.3 is 0 Å². The van der Waals surface area contributed by atoms with Crippen LogP contribution in [-0.2, 0) is 0 Å². The molecule has 0 spiro atoms. The maximum absolute atomic E-state index is 2.27. The molecule has 0 aromatic heterocycles. The fourth-order valence-electron chi connectivity index (χ4n) is 0. The highest BCUT2D eigenvalue weighted by molar-refractivity contribution is 14.2. The molecule has 0 aliphatic rings. The fraction of sp³-hybridized carbons (Fsp3) is 1.00. The summed E-state index contributed by atoms with van der Waals surface area (Å²) in [6.07, 6.45) is 0. The summed E-state index contributed by atoms with van der Waals surface area (Å²) in [5.74, 6) is 0. The third-order valence-corrected chi connectivity index (χ3v) is 3.40. The first-order chi connectivity index (χ1) is 2.94. The summed E-state index contributed by atoms with van der Waals surface area (Å²) in [5, 5.41) is 0. The van der Waals surface area contributed by atoms with Crippen LogP contribution in [0.15, 0.2) is 0 Å². The molecule has 0 aromatic rings. The maximum atomic E-state index is 2.27. The van der Waals surface area contributed by atoms with E-state index in [1.807, 2.05) is 0 Å². The highest BCUT2D eigenvalue weighted by Gasteiger charge is 2.14. The first kappa shape index (κ1) is 8.42. The minimum atomic E-state index is 0.307. The molecule has 0 rings (SSSR count). The second-order valence-corrected chi connectivity index (χ2v) is 6.18. The predicted molar refractivity (Wildman–Crippen MR) is 49.6 cm³/mol. The first-order valence-electron chi connectivity index (χ1n) is 2.06. The Morgan fingerprint density at radius 3 is 1.29 bits per heavy atom. The van der Waals surface area contributed by atoms with Crippen molar-refractivity contribution in [3.63, 3.8) is 0 Å². The van der Waals surface area contributed by atoms with Crippen LogP contribution in [0.25, 0.3) is 0 Å². The van der Waals surface area contributed by atoms with Gasteiger partial charge in [0, 0.05) is 51.3 Å². The van der Waals surface area contributed by atoms with Gasteiger partial charge < -0.3 is 0 Å². The van der Waals surface area contributed by atoms with Crippen LogP contribution in [0.5, 0.6) is 0 Å². The molecule has 0 bridgehead atoms. The monoisotopic (exact) mass is 325 g/mol. The van der Waals surface area contributed by atoms with Gasteiger partial charge in [0.2, 0.25) is 0 Å². The second kappa shape index (κ2) is 2.82. The fourth-order valence-corrected chi connectivity index (χ4v) is 0. The Balaban J connectivity index is 3.54. The molecule has 0 unspecified atom stereocenters. The summed E-state index contributed by atoms with van der Waals surface area (Å²) in [6.45, 7) is 6.52. The van der Waals surface area contributed by atoms with Crippen LogP contribution in [0.3, 0.4) is 0 Å². The standard InChI is InChI=1S/C4H9I2N/c1-4(2,3)7(5)6/h1-3H3. The van der Waals surface area contributed by atoms with E-state index in [4.69, 9.17) is 0 Å². The van der Waals surface area contributed by atoms with Crippen molar-refractivity contribution in [3.8, 4) is 0 Å². The maximum Gasteiger partial charge on any atom is 0.0323 e. The van der Waals surface area contributed by atoms with Gasteiger partial charge in [-0.15, -0.1) is 0 Å². The van der Waals surface area contributed by atoms with Crippen molar-refractivity contribution in [1.29, 1.82) is 0 Å². The zero-order valence-corrected chi connectivity index (χ0v) is 9.02. The van der Waals surface area contributed by atoms with Gasteiger partial charge in [0.15, 0.2) is 0 Å². The largest absolute Gasteiger partial charge is 0.183 e. The zero-order chi connectivity index (χ0) is 6.08. The molecule has 0 aliphatic carbocycles. The van der Waals surface area contributed by atoms with Gasteiger partial charge in [0.05, 0.1) is 0 Å². The quantitative estimate of drug-likeness (QED) is 0.489. The van der Waals surface area contributed by atoms with Gasteiger partial charge in [-0.3, -0.25) is 0 Å². The average Bonchev–Trinajstić information content (AvgIpc) is 1.31. The predicted octanol–water partition coefficient (Wildman–Crippen LogP) is 2.79.